The largest absolute Gasteiger partial charge is 0.489 e. The van der Waals surface area contributed by atoms with E-state index in [1.54, 1.807) is 0 Å². The Hall–Kier alpha value is -2.59. The highest BCUT2D eigenvalue weighted by atomic mass is 16.5. The van der Waals surface area contributed by atoms with E-state index in [0.717, 1.165) is 16.9 Å². The average Bonchev–Trinajstić information content (AvgIpc) is 2.54. The predicted molar refractivity (Wildman–Crippen MR) is 92.0 cm³/mol. The fourth-order valence-corrected chi connectivity index (χ4v) is 2.20. The molecule has 2 aromatic rings. The van der Waals surface area contributed by atoms with Crippen LogP contribution >= 0.6 is 0 Å². The number of rotatable bonds is 8. The van der Waals surface area contributed by atoms with Gasteiger partial charge in [-0.2, -0.15) is 0 Å². The molecule has 3 N–H and O–H groups in total. The van der Waals surface area contributed by atoms with Crippen molar-refractivity contribution in [3.63, 3.8) is 0 Å². The van der Waals surface area contributed by atoms with Crippen molar-refractivity contribution < 1.29 is 9.53 Å². The summed E-state index contributed by atoms with van der Waals surface area (Å²) in [6.07, 6.45) is 1.50. The van der Waals surface area contributed by atoms with Gasteiger partial charge in [0.1, 0.15) is 18.4 Å². The Balaban J connectivity index is 1.87. The molecule has 23 heavy (non-hydrogen) atoms. The molecule has 0 aromatic heterocycles. The first-order valence-electron chi connectivity index (χ1n) is 7.51. The molecule has 1 atom stereocenters. The van der Waals surface area contributed by atoms with Gasteiger partial charge in [-0.3, -0.25) is 10.1 Å². The van der Waals surface area contributed by atoms with E-state index in [1.807, 2.05) is 36.4 Å². The number of hydrogen-bond donors (Lipinski definition) is 2. The highest BCUT2D eigenvalue weighted by molar-refractivity contribution is 5.81. The summed E-state index contributed by atoms with van der Waals surface area (Å²) in [4.78, 5) is 11.1. The molecule has 0 aliphatic rings. The number of carbonyl (C=O) groups is 1. The Morgan fingerprint density at radius 3 is 2.61 bits per heavy atom. The summed E-state index contributed by atoms with van der Waals surface area (Å²) < 4.78 is 5.78. The lowest BCUT2D eigenvalue weighted by Crippen LogP contribution is -2.39. The van der Waals surface area contributed by atoms with E-state index < -0.39 is 11.9 Å². The van der Waals surface area contributed by atoms with E-state index in [9.17, 15) is 4.79 Å². The van der Waals surface area contributed by atoms with Crippen LogP contribution in [0.25, 0.3) is 0 Å². The van der Waals surface area contributed by atoms with E-state index >= 15 is 0 Å². The van der Waals surface area contributed by atoms with E-state index in [0.29, 0.717) is 13.2 Å². The third-order valence-corrected chi connectivity index (χ3v) is 3.48. The van der Waals surface area contributed by atoms with Crippen LogP contribution in [0.4, 0.5) is 0 Å². The lowest BCUT2D eigenvalue weighted by Gasteiger charge is -2.11. The van der Waals surface area contributed by atoms with Crippen LogP contribution in [0.15, 0.2) is 61.2 Å². The third-order valence-electron chi connectivity index (χ3n) is 3.48. The molecule has 120 valence electrons. The normalized spacial score (nSPS) is 11.7. The number of aryl methyl sites for hydroxylation is 1. The molecule has 0 radical (unpaired) electrons. The van der Waals surface area contributed by atoms with Crippen LogP contribution in [-0.4, -0.2) is 11.9 Å². The molecule has 0 spiro atoms. The zero-order valence-corrected chi connectivity index (χ0v) is 13.3. The van der Waals surface area contributed by atoms with Gasteiger partial charge in [-0.15, -0.1) is 6.58 Å². The van der Waals surface area contributed by atoms with Gasteiger partial charge in [0.25, 0.3) is 0 Å². The lowest BCUT2D eigenvalue weighted by molar-refractivity contribution is -0.118. The van der Waals surface area contributed by atoms with Gasteiger partial charge in [0.05, 0.1) is 0 Å². The molecule has 0 fully saturated rings. The summed E-state index contributed by atoms with van der Waals surface area (Å²) in [5.41, 5.74) is 8.66. The minimum absolute atomic E-state index is 0.432. The third kappa shape index (κ3) is 5.27. The number of ether oxygens (including phenoxy) is 1. The van der Waals surface area contributed by atoms with E-state index in [1.165, 1.54) is 11.6 Å². The van der Waals surface area contributed by atoms with Gasteiger partial charge in [-0.1, -0.05) is 48.0 Å². The minimum atomic E-state index is -0.521. The van der Waals surface area contributed by atoms with Gasteiger partial charge in [-0.05, 0) is 30.2 Å². The Labute approximate surface area is 137 Å². The molecule has 0 aliphatic heterocycles. The molecule has 2 rings (SSSR count). The topological polar surface area (TPSA) is 64.3 Å². The summed E-state index contributed by atoms with van der Waals surface area (Å²) >= 11 is 0. The van der Waals surface area contributed by atoms with Gasteiger partial charge in [0, 0.05) is 6.54 Å². The minimum Gasteiger partial charge on any atom is -0.489 e. The monoisotopic (exact) mass is 310 g/mol. The summed E-state index contributed by atoms with van der Waals surface area (Å²) in [7, 11) is 0. The second-order valence-electron chi connectivity index (χ2n) is 5.42. The quantitative estimate of drug-likeness (QED) is 0.737. The van der Waals surface area contributed by atoms with E-state index in [-0.39, 0.29) is 0 Å². The van der Waals surface area contributed by atoms with Gasteiger partial charge in [-0.25, -0.2) is 0 Å². The average molecular weight is 310 g/mol. The van der Waals surface area contributed by atoms with Crippen LogP contribution < -0.4 is 15.8 Å². The number of primary amides is 1. The number of hydrogen-bond acceptors (Lipinski definition) is 3. The second kappa shape index (κ2) is 8.15. The molecule has 4 heteroatoms. The first-order chi connectivity index (χ1) is 11.1. The molecule has 0 heterocycles. The van der Waals surface area contributed by atoms with Crippen molar-refractivity contribution in [3.8, 4) is 5.75 Å². The van der Waals surface area contributed by atoms with Gasteiger partial charge in [0.2, 0.25) is 5.91 Å². The number of carbonyl (C=O) groups excluding carboxylic acids is 1. The molecule has 4 nitrogen and oxygen atoms in total. The predicted octanol–water partition coefficient (Wildman–Crippen LogP) is 2.70. The maximum absolute atomic E-state index is 11.1. The van der Waals surface area contributed by atoms with Crippen molar-refractivity contribution in [2.45, 2.75) is 26.1 Å². The maximum atomic E-state index is 11.1. The van der Waals surface area contributed by atoms with Crippen LogP contribution in [0.2, 0.25) is 0 Å². The van der Waals surface area contributed by atoms with Crippen LogP contribution in [0.1, 0.15) is 16.7 Å². The zero-order valence-electron chi connectivity index (χ0n) is 13.3. The Kier molecular flexibility index (Phi) is 5.94. The van der Waals surface area contributed by atoms with Gasteiger partial charge >= 0.3 is 0 Å². The van der Waals surface area contributed by atoms with E-state index in [2.05, 4.69) is 31.0 Å². The van der Waals surface area contributed by atoms with Crippen LogP contribution in [0.5, 0.6) is 5.75 Å². The van der Waals surface area contributed by atoms with Crippen molar-refractivity contribution in [1.29, 1.82) is 0 Å². The molecule has 0 saturated heterocycles. The summed E-state index contributed by atoms with van der Waals surface area (Å²) in [5.74, 6) is 0.378. The van der Waals surface area contributed by atoms with Gasteiger partial charge in [0.15, 0.2) is 0 Å². The number of amides is 1. The SMILES string of the molecule is C=C[C@H](NCc1ccc(OCc2cccc(C)c2)cc1)C(N)=O. The maximum Gasteiger partial charge on any atom is 0.238 e. The van der Waals surface area contributed by atoms with Crippen molar-refractivity contribution in [2.24, 2.45) is 5.73 Å². The smallest absolute Gasteiger partial charge is 0.238 e. The summed E-state index contributed by atoms with van der Waals surface area (Å²) in [6, 6.07) is 15.5. The van der Waals surface area contributed by atoms with Crippen molar-refractivity contribution >= 4 is 5.91 Å². The number of benzene rings is 2. The molecule has 1 amide bonds. The molecular weight excluding hydrogens is 288 g/mol. The molecule has 0 saturated carbocycles. The number of nitrogens with two attached hydrogens (primary N) is 1. The Morgan fingerprint density at radius 2 is 2.00 bits per heavy atom. The second-order valence-corrected chi connectivity index (χ2v) is 5.42. The van der Waals surface area contributed by atoms with Crippen LogP contribution in [-0.2, 0) is 17.9 Å². The van der Waals surface area contributed by atoms with Crippen molar-refractivity contribution in [2.75, 3.05) is 0 Å². The summed E-state index contributed by atoms with van der Waals surface area (Å²) in [5, 5.41) is 3.04. The molecule has 0 unspecified atom stereocenters. The van der Waals surface area contributed by atoms with E-state index in [4.69, 9.17) is 10.5 Å². The molecule has 0 bridgehead atoms. The standard InChI is InChI=1S/C19H22N2O2/c1-3-18(19(20)22)21-12-15-7-9-17(10-8-15)23-13-16-6-4-5-14(2)11-16/h3-11,18,21H,1,12-13H2,2H3,(H2,20,22)/t18-/m0/s1. The highest BCUT2D eigenvalue weighted by Gasteiger charge is 2.09. The first-order valence-corrected chi connectivity index (χ1v) is 7.51. The lowest BCUT2D eigenvalue weighted by atomic mass is 10.1. The fourth-order valence-electron chi connectivity index (χ4n) is 2.20. The van der Waals surface area contributed by atoms with Crippen molar-refractivity contribution in [1.82, 2.24) is 5.32 Å². The molecule has 0 aliphatic carbocycles. The van der Waals surface area contributed by atoms with Crippen LogP contribution in [0.3, 0.4) is 0 Å². The summed E-state index contributed by atoms with van der Waals surface area (Å²) in [6.45, 7) is 6.73. The Morgan fingerprint density at radius 1 is 1.26 bits per heavy atom. The highest BCUT2D eigenvalue weighted by Crippen LogP contribution is 2.15. The van der Waals surface area contributed by atoms with Crippen molar-refractivity contribution in [3.05, 3.63) is 77.9 Å². The Bertz CT molecular complexity index is 665. The fraction of sp³-hybridized carbons (Fsp3) is 0.211. The van der Waals surface area contributed by atoms with Gasteiger partial charge < -0.3 is 10.5 Å². The van der Waals surface area contributed by atoms with Crippen LogP contribution in [0, 0.1) is 6.92 Å². The molecule has 2 aromatic carbocycles. The first kappa shape index (κ1) is 16.8. The molecular formula is C19H22N2O2. The zero-order chi connectivity index (χ0) is 16.7. The number of nitrogens with one attached hydrogen (secondary N) is 1.